The van der Waals surface area contributed by atoms with Gasteiger partial charge in [-0.1, -0.05) is 19.1 Å². The van der Waals surface area contributed by atoms with E-state index in [0.29, 0.717) is 6.42 Å². The Morgan fingerprint density at radius 2 is 1.75 bits per heavy atom. The first kappa shape index (κ1) is 20.2. The highest BCUT2D eigenvalue weighted by Gasteiger charge is 2.20. The number of ether oxygens (including phenoxy) is 1. The van der Waals surface area contributed by atoms with E-state index >= 15 is 0 Å². The van der Waals surface area contributed by atoms with Gasteiger partial charge in [0.25, 0.3) is 5.91 Å². The third kappa shape index (κ3) is 5.04. The van der Waals surface area contributed by atoms with Gasteiger partial charge in [-0.05, 0) is 68.8 Å². The number of nitrogens with zero attached hydrogens (tertiary/aromatic N) is 2. The summed E-state index contributed by atoms with van der Waals surface area (Å²) < 4.78 is 6.01. The number of aryl methyl sites for hydroxylation is 2. The van der Waals surface area contributed by atoms with Crippen LogP contribution in [-0.2, 0) is 4.79 Å². The van der Waals surface area contributed by atoms with E-state index in [2.05, 4.69) is 34.3 Å². The van der Waals surface area contributed by atoms with Gasteiger partial charge in [0.2, 0.25) is 0 Å². The summed E-state index contributed by atoms with van der Waals surface area (Å²) in [4.78, 5) is 17.4. The summed E-state index contributed by atoms with van der Waals surface area (Å²) in [5.41, 5.74) is 4.15. The first-order valence-corrected chi connectivity index (χ1v) is 10.0. The Balaban J connectivity index is 1.61. The predicted octanol–water partition coefficient (Wildman–Crippen LogP) is 3.85. The Labute approximate surface area is 168 Å². The maximum Gasteiger partial charge on any atom is 0.265 e. The Bertz CT molecular complexity index is 796. The van der Waals surface area contributed by atoms with Gasteiger partial charge in [-0.2, -0.15) is 0 Å². The molecule has 150 valence electrons. The smallest absolute Gasteiger partial charge is 0.265 e. The zero-order chi connectivity index (χ0) is 20.1. The molecule has 0 aromatic heterocycles. The molecule has 1 aliphatic heterocycles. The quantitative estimate of drug-likeness (QED) is 0.825. The monoisotopic (exact) mass is 381 g/mol. The Hall–Kier alpha value is -2.53. The number of piperazine rings is 1. The molecular weight excluding hydrogens is 350 g/mol. The van der Waals surface area contributed by atoms with E-state index in [1.807, 2.05) is 51.1 Å². The minimum Gasteiger partial charge on any atom is -0.480 e. The van der Waals surface area contributed by atoms with Crippen LogP contribution in [0.4, 0.5) is 11.4 Å². The highest BCUT2D eigenvalue weighted by atomic mass is 16.5. The lowest BCUT2D eigenvalue weighted by Gasteiger charge is -2.34. The molecule has 0 unspecified atom stereocenters. The standard InChI is InChI=1S/C23H31N3O2/c1-5-21(28-22-16-17(2)6-7-18(22)3)23(27)24-19-8-10-20(11-9-19)26-14-12-25(4)13-15-26/h6-11,16,21H,5,12-15H2,1-4H3,(H,24,27)/t21-/m0/s1. The molecule has 2 aromatic carbocycles. The van der Waals surface area contributed by atoms with Crippen LogP contribution in [0.3, 0.4) is 0 Å². The highest BCUT2D eigenvalue weighted by molar-refractivity contribution is 5.94. The Kier molecular flexibility index (Phi) is 6.57. The van der Waals surface area contributed by atoms with Crippen LogP contribution in [0.5, 0.6) is 5.75 Å². The van der Waals surface area contributed by atoms with Gasteiger partial charge in [-0.3, -0.25) is 4.79 Å². The molecule has 28 heavy (non-hydrogen) atoms. The minimum absolute atomic E-state index is 0.115. The summed E-state index contributed by atoms with van der Waals surface area (Å²) in [6, 6.07) is 14.1. The van der Waals surface area contributed by atoms with Gasteiger partial charge in [-0.25, -0.2) is 0 Å². The SMILES string of the molecule is CC[C@H](Oc1cc(C)ccc1C)C(=O)Nc1ccc(N2CCN(C)CC2)cc1. The molecule has 5 nitrogen and oxygen atoms in total. The van der Waals surface area contributed by atoms with Crippen molar-refractivity contribution in [1.29, 1.82) is 0 Å². The number of hydrogen-bond donors (Lipinski definition) is 1. The zero-order valence-corrected chi connectivity index (χ0v) is 17.4. The first-order valence-electron chi connectivity index (χ1n) is 10.0. The molecule has 2 aromatic rings. The van der Waals surface area contributed by atoms with Gasteiger partial charge >= 0.3 is 0 Å². The van der Waals surface area contributed by atoms with Crippen LogP contribution in [0.2, 0.25) is 0 Å². The van der Waals surface area contributed by atoms with Crippen LogP contribution in [0, 0.1) is 13.8 Å². The summed E-state index contributed by atoms with van der Waals surface area (Å²) in [6.45, 7) is 10.2. The lowest BCUT2D eigenvalue weighted by atomic mass is 10.1. The minimum atomic E-state index is -0.516. The molecule has 1 atom stereocenters. The summed E-state index contributed by atoms with van der Waals surface area (Å²) in [6.07, 6.45) is 0.0938. The number of amides is 1. The number of carbonyl (C=O) groups is 1. The third-order valence-electron chi connectivity index (χ3n) is 5.28. The van der Waals surface area contributed by atoms with Gasteiger partial charge in [0.05, 0.1) is 0 Å². The van der Waals surface area contributed by atoms with Crippen LogP contribution in [0.1, 0.15) is 24.5 Å². The fourth-order valence-electron chi connectivity index (χ4n) is 3.35. The van der Waals surface area contributed by atoms with E-state index in [9.17, 15) is 4.79 Å². The van der Waals surface area contributed by atoms with Crippen molar-refractivity contribution in [3.05, 3.63) is 53.6 Å². The number of benzene rings is 2. The highest BCUT2D eigenvalue weighted by Crippen LogP contribution is 2.23. The molecule has 3 rings (SSSR count). The van der Waals surface area contributed by atoms with E-state index in [-0.39, 0.29) is 5.91 Å². The molecule has 0 aliphatic carbocycles. The second kappa shape index (κ2) is 9.11. The van der Waals surface area contributed by atoms with Crippen LogP contribution in [0.25, 0.3) is 0 Å². The number of carbonyl (C=O) groups excluding carboxylic acids is 1. The second-order valence-electron chi connectivity index (χ2n) is 7.61. The molecule has 1 aliphatic rings. The number of nitrogens with one attached hydrogen (secondary N) is 1. The molecule has 1 amide bonds. The predicted molar refractivity (Wildman–Crippen MR) is 115 cm³/mol. The van der Waals surface area contributed by atoms with Gasteiger partial charge < -0.3 is 19.9 Å². The van der Waals surface area contributed by atoms with Gasteiger partial charge in [-0.15, -0.1) is 0 Å². The van der Waals surface area contributed by atoms with Crippen molar-refractivity contribution in [3.8, 4) is 5.75 Å². The Morgan fingerprint density at radius 3 is 2.39 bits per heavy atom. The zero-order valence-electron chi connectivity index (χ0n) is 17.4. The van der Waals surface area contributed by atoms with Crippen LogP contribution >= 0.6 is 0 Å². The van der Waals surface area contributed by atoms with Crippen molar-refractivity contribution in [2.75, 3.05) is 43.4 Å². The molecule has 1 N–H and O–H groups in total. The van der Waals surface area contributed by atoms with Crippen molar-refractivity contribution in [2.45, 2.75) is 33.3 Å². The van der Waals surface area contributed by atoms with Gasteiger partial charge in [0.15, 0.2) is 6.10 Å². The van der Waals surface area contributed by atoms with Crippen LogP contribution < -0.4 is 15.0 Å². The van der Waals surface area contributed by atoms with Crippen molar-refractivity contribution >= 4 is 17.3 Å². The van der Waals surface area contributed by atoms with Crippen molar-refractivity contribution in [2.24, 2.45) is 0 Å². The summed E-state index contributed by atoms with van der Waals surface area (Å²) >= 11 is 0. The first-order chi connectivity index (χ1) is 13.5. The lowest BCUT2D eigenvalue weighted by molar-refractivity contribution is -0.122. The van der Waals surface area contributed by atoms with Gasteiger partial charge in [0, 0.05) is 37.6 Å². The van der Waals surface area contributed by atoms with E-state index in [1.54, 1.807) is 0 Å². The molecule has 0 bridgehead atoms. The fourth-order valence-corrected chi connectivity index (χ4v) is 3.35. The molecular formula is C23H31N3O2. The number of hydrogen-bond acceptors (Lipinski definition) is 4. The van der Waals surface area contributed by atoms with E-state index in [4.69, 9.17) is 4.74 Å². The van der Waals surface area contributed by atoms with E-state index < -0.39 is 6.10 Å². The van der Waals surface area contributed by atoms with E-state index in [0.717, 1.165) is 48.7 Å². The third-order valence-corrected chi connectivity index (χ3v) is 5.28. The van der Waals surface area contributed by atoms with Crippen LogP contribution in [-0.4, -0.2) is 50.1 Å². The average molecular weight is 382 g/mol. The molecule has 0 spiro atoms. The summed E-state index contributed by atoms with van der Waals surface area (Å²) in [7, 11) is 2.15. The molecule has 1 fully saturated rings. The number of rotatable bonds is 6. The number of anilines is 2. The molecule has 0 saturated carbocycles. The maximum atomic E-state index is 12.7. The van der Waals surface area contributed by atoms with Crippen LogP contribution in [0.15, 0.2) is 42.5 Å². The normalized spacial score (nSPS) is 15.9. The number of likely N-dealkylation sites (N-methyl/N-ethyl adjacent to an activating group) is 1. The average Bonchev–Trinajstić information content (AvgIpc) is 2.69. The topological polar surface area (TPSA) is 44.8 Å². The fraction of sp³-hybridized carbons (Fsp3) is 0.435. The molecule has 1 heterocycles. The van der Waals surface area contributed by atoms with Crippen molar-refractivity contribution in [3.63, 3.8) is 0 Å². The van der Waals surface area contributed by atoms with Crippen molar-refractivity contribution < 1.29 is 9.53 Å². The second-order valence-corrected chi connectivity index (χ2v) is 7.61. The maximum absolute atomic E-state index is 12.7. The Morgan fingerprint density at radius 1 is 1.07 bits per heavy atom. The summed E-state index contributed by atoms with van der Waals surface area (Å²) in [5.74, 6) is 0.656. The molecule has 0 radical (unpaired) electrons. The van der Waals surface area contributed by atoms with Gasteiger partial charge in [0.1, 0.15) is 5.75 Å². The summed E-state index contributed by atoms with van der Waals surface area (Å²) in [5, 5.41) is 2.99. The lowest BCUT2D eigenvalue weighted by Crippen LogP contribution is -2.44. The van der Waals surface area contributed by atoms with E-state index in [1.165, 1.54) is 5.69 Å². The largest absolute Gasteiger partial charge is 0.480 e. The van der Waals surface area contributed by atoms with Crippen molar-refractivity contribution in [1.82, 2.24) is 4.90 Å². The molecule has 5 heteroatoms. The molecule has 1 saturated heterocycles.